The molecule has 0 amide bonds. The van der Waals surface area contributed by atoms with Crippen molar-refractivity contribution in [3.05, 3.63) is 77.3 Å². The number of thiazole rings is 1. The lowest BCUT2D eigenvalue weighted by molar-refractivity contribution is -0.633. The van der Waals surface area contributed by atoms with E-state index in [1.165, 1.54) is 43.4 Å². The van der Waals surface area contributed by atoms with E-state index in [2.05, 4.69) is 104 Å². The van der Waals surface area contributed by atoms with Gasteiger partial charge < -0.3 is 0 Å². The third kappa shape index (κ3) is 3.03. The molecule has 0 spiro atoms. The fourth-order valence-corrected chi connectivity index (χ4v) is 5.65. The van der Waals surface area contributed by atoms with Gasteiger partial charge in [-0.3, -0.25) is 0 Å². The van der Waals surface area contributed by atoms with Crippen LogP contribution >= 0.6 is 11.3 Å². The van der Waals surface area contributed by atoms with Gasteiger partial charge in [-0.05, 0) is 48.7 Å². The van der Waals surface area contributed by atoms with Gasteiger partial charge in [-0.25, -0.2) is 9.55 Å². The number of hydrogen-bond acceptors (Lipinski definition) is 2. The highest BCUT2D eigenvalue weighted by molar-refractivity contribution is 7.19. The van der Waals surface area contributed by atoms with E-state index in [1.807, 2.05) is 11.3 Å². The van der Waals surface area contributed by atoms with Crippen LogP contribution in [0.2, 0.25) is 0 Å². The molecule has 0 saturated carbocycles. The van der Waals surface area contributed by atoms with Gasteiger partial charge in [-0.1, -0.05) is 50.2 Å². The first-order valence-corrected chi connectivity index (χ1v) is 11.3. The van der Waals surface area contributed by atoms with Gasteiger partial charge in [0, 0.05) is 6.42 Å². The summed E-state index contributed by atoms with van der Waals surface area (Å²) in [7, 11) is 2.17. The maximum Gasteiger partial charge on any atom is 0.296 e. The Morgan fingerprint density at radius 1 is 0.967 bits per heavy atom. The van der Waals surface area contributed by atoms with Crippen LogP contribution in [0.4, 0.5) is 0 Å². The molecule has 3 aromatic carbocycles. The van der Waals surface area contributed by atoms with E-state index in [4.69, 9.17) is 4.98 Å². The van der Waals surface area contributed by atoms with Crippen molar-refractivity contribution in [3.8, 4) is 17.1 Å². The van der Waals surface area contributed by atoms with E-state index in [9.17, 15) is 0 Å². The number of hydrogen-bond donors (Lipinski definition) is 0. The van der Waals surface area contributed by atoms with Crippen molar-refractivity contribution in [1.29, 1.82) is 0 Å². The van der Waals surface area contributed by atoms with Crippen molar-refractivity contribution < 1.29 is 4.57 Å². The summed E-state index contributed by atoms with van der Waals surface area (Å²) in [6.45, 7) is 6.72. The molecule has 150 valence electrons. The topological polar surface area (TPSA) is 21.7 Å². The Kier molecular flexibility index (Phi) is 4.67. The summed E-state index contributed by atoms with van der Waals surface area (Å²) in [5.41, 5.74) is 7.26. The Labute approximate surface area is 181 Å². The summed E-state index contributed by atoms with van der Waals surface area (Å²) >= 11 is 1.85. The largest absolute Gasteiger partial charge is 0.296 e. The molecule has 0 saturated heterocycles. The molecule has 2 heterocycles. The standard InChI is InChI=1S/C26H26N3S/c1-17(2)16-23-27-20-15-14-18(3)24(25(20)30-23)26-28(4)21-12-8-9-13-22(21)29(26)19-10-6-5-7-11-19/h5-15,17H,16H2,1-4H3/q+1. The Bertz CT molecular complexity index is 1360. The molecular formula is C26H26N3S+. The number of para-hydroxylation sites is 3. The van der Waals surface area contributed by atoms with Crippen LogP contribution in [0.25, 0.3) is 38.3 Å². The molecule has 0 radical (unpaired) electrons. The van der Waals surface area contributed by atoms with E-state index < -0.39 is 0 Å². The highest BCUT2D eigenvalue weighted by Crippen LogP contribution is 2.37. The first kappa shape index (κ1) is 19.0. The molecule has 4 heteroatoms. The van der Waals surface area contributed by atoms with Crippen molar-refractivity contribution in [2.45, 2.75) is 27.2 Å². The van der Waals surface area contributed by atoms with Gasteiger partial charge in [0.15, 0.2) is 11.0 Å². The van der Waals surface area contributed by atoms with Crippen LogP contribution in [-0.2, 0) is 13.5 Å². The predicted octanol–water partition coefficient (Wildman–Crippen LogP) is 6.24. The second-order valence-corrected chi connectivity index (χ2v) is 9.44. The van der Waals surface area contributed by atoms with Crippen molar-refractivity contribution in [2.75, 3.05) is 0 Å². The molecule has 0 fully saturated rings. The van der Waals surface area contributed by atoms with E-state index in [1.54, 1.807) is 0 Å². The number of rotatable bonds is 4. The van der Waals surface area contributed by atoms with Crippen LogP contribution in [0.5, 0.6) is 0 Å². The summed E-state index contributed by atoms with van der Waals surface area (Å²) in [5.74, 6) is 1.80. The van der Waals surface area contributed by atoms with E-state index in [0.29, 0.717) is 5.92 Å². The van der Waals surface area contributed by atoms with Crippen molar-refractivity contribution in [3.63, 3.8) is 0 Å². The number of benzene rings is 3. The van der Waals surface area contributed by atoms with Crippen LogP contribution in [0.1, 0.15) is 24.4 Å². The monoisotopic (exact) mass is 412 g/mol. The lowest BCUT2D eigenvalue weighted by atomic mass is 10.1. The predicted molar refractivity (Wildman–Crippen MR) is 126 cm³/mol. The highest BCUT2D eigenvalue weighted by Gasteiger charge is 2.29. The number of aromatic nitrogens is 3. The van der Waals surface area contributed by atoms with Gasteiger partial charge in [0.25, 0.3) is 5.82 Å². The number of nitrogens with zero attached hydrogens (tertiary/aromatic N) is 3. The summed E-state index contributed by atoms with van der Waals surface area (Å²) in [6.07, 6.45) is 1.02. The second-order valence-electron chi connectivity index (χ2n) is 8.35. The zero-order valence-electron chi connectivity index (χ0n) is 17.9. The number of fused-ring (bicyclic) bond motifs is 2. The van der Waals surface area contributed by atoms with Crippen molar-refractivity contribution in [1.82, 2.24) is 9.55 Å². The van der Waals surface area contributed by atoms with Crippen molar-refractivity contribution >= 4 is 32.6 Å². The fraction of sp³-hybridized carbons (Fsp3) is 0.231. The molecule has 0 aliphatic rings. The smallest absolute Gasteiger partial charge is 0.241 e. The summed E-state index contributed by atoms with van der Waals surface area (Å²) in [6, 6.07) is 23.7. The molecule has 0 unspecified atom stereocenters. The first-order valence-electron chi connectivity index (χ1n) is 10.5. The highest BCUT2D eigenvalue weighted by atomic mass is 32.1. The summed E-state index contributed by atoms with van der Waals surface area (Å²) in [5, 5.41) is 1.22. The Hall–Kier alpha value is -2.98. The third-order valence-corrected chi connectivity index (χ3v) is 6.76. The zero-order chi connectivity index (χ0) is 20.8. The van der Waals surface area contributed by atoms with Gasteiger partial charge in [0.05, 0.1) is 27.8 Å². The van der Waals surface area contributed by atoms with Crippen LogP contribution in [-0.4, -0.2) is 9.55 Å². The van der Waals surface area contributed by atoms with Gasteiger partial charge >= 0.3 is 0 Å². The number of aryl methyl sites for hydroxylation is 2. The summed E-state index contributed by atoms with van der Waals surface area (Å²) < 4.78 is 5.99. The zero-order valence-corrected chi connectivity index (χ0v) is 18.7. The van der Waals surface area contributed by atoms with E-state index >= 15 is 0 Å². The minimum Gasteiger partial charge on any atom is -0.241 e. The van der Waals surface area contributed by atoms with E-state index in [-0.39, 0.29) is 0 Å². The van der Waals surface area contributed by atoms with E-state index in [0.717, 1.165) is 11.9 Å². The molecule has 0 aliphatic carbocycles. The maximum absolute atomic E-state index is 4.97. The normalized spacial score (nSPS) is 11.8. The van der Waals surface area contributed by atoms with Crippen LogP contribution in [0.15, 0.2) is 66.7 Å². The van der Waals surface area contributed by atoms with Gasteiger partial charge in [0.2, 0.25) is 0 Å². The second kappa shape index (κ2) is 7.37. The van der Waals surface area contributed by atoms with Crippen LogP contribution < -0.4 is 4.57 Å². The molecule has 2 aromatic heterocycles. The molecule has 5 aromatic rings. The lowest BCUT2D eigenvalue weighted by Crippen LogP contribution is -2.30. The quantitative estimate of drug-likeness (QED) is 0.320. The fourth-order valence-electron chi connectivity index (χ4n) is 4.28. The molecule has 5 rings (SSSR count). The minimum atomic E-state index is 0.599. The van der Waals surface area contributed by atoms with Gasteiger partial charge in [-0.2, -0.15) is 4.57 Å². The SMILES string of the molecule is Cc1ccc2nc(CC(C)C)sc2c1-c1n(-c2ccccc2)c2ccccc2[n+]1C. The molecule has 0 atom stereocenters. The molecule has 0 N–H and O–H groups in total. The van der Waals surface area contributed by atoms with Gasteiger partial charge in [-0.15, -0.1) is 11.3 Å². The lowest BCUT2D eigenvalue weighted by Gasteiger charge is -2.07. The van der Waals surface area contributed by atoms with Crippen LogP contribution in [0, 0.1) is 12.8 Å². The Balaban J connectivity index is 1.88. The molecule has 30 heavy (non-hydrogen) atoms. The van der Waals surface area contributed by atoms with Crippen LogP contribution in [0.3, 0.4) is 0 Å². The van der Waals surface area contributed by atoms with Crippen molar-refractivity contribution in [2.24, 2.45) is 13.0 Å². The molecule has 3 nitrogen and oxygen atoms in total. The average molecular weight is 413 g/mol. The average Bonchev–Trinajstić information content (AvgIpc) is 3.27. The Morgan fingerprint density at radius 3 is 2.47 bits per heavy atom. The van der Waals surface area contributed by atoms with Gasteiger partial charge in [0.1, 0.15) is 5.69 Å². The number of imidazole rings is 1. The molecular weight excluding hydrogens is 386 g/mol. The molecule has 0 bridgehead atoms. The minimum absolute atomic E-state index is 0.599. The first-order chi connectivity index (χ1) is 14.5. The Morgan fingerprint density at radius 2 is 1.70 bits per heavy atom. The third-order valence-electron chi connectivity index (χ3n) is 5.64. The summed E-state index contributed by atoms with van der Waals surface area (Å²) in [4.78, 5) is 4.97. The maximum atomic E-state index is 4.97. The molecule has 0 aliphatic heterocycles.